The lowest BCUT2D eigenvalue weighted by Crippen LogP contribution is -2.30. The van der Waals surface area contributed by atoms with Crippen LogP contribution in [-0.2, 0) is 20.0 Å². The Kier molecular flexibility index (Phi) is 2.32. The molecule has 4 rings (SSSR count). The zero-order valence-corrected chi connectivity index (χ0v) is 11.4. The lowest BCUT2D eigenvalue weighted by Gasteiger charge is -2.28. The molecule has 0 unspecified atom stereocenters. The van der Waals surface area contributed by atoms with Crippen LogP contribution in [0.4, 0.5) is 5.82 Å². The molecule has 0 amide bonds. The van der Waals surface area contributed by atoms with E-state index in [1.165, 1.54) is 10.4 Å². The van der Waals surface area contributed by atoms with Crippen LogP contribution in [0.5, 0.6) is 0 Å². The van der Waals surface area contributed by atoms with Crippen molar-refractivity contribution in [2.75, 3.05) is 11.4 Å². The van der Waals surface area contributed by atoms with Gasteiger partial charge < -0.3 is 4.90 Å². The Hall–Kier alpha value is -1.95. The monoisotopic (exact) mass is 271 g/mol. The Morgan fingerprint density at radius 3 is 3.21 bits per heavy atom. The van der Waals surface area contributed by atoms with Crippen molar-refractivity contribution in [3.63, 3.8) is 0 Å². The summed E-state index contributed by atoms with van der Waals surface area (Å²) in [7, 11) is 1.91. The van der Waals surface area contributed by atoms with E-state index >= 15 is 0 Å². The van der Waals surface area contributed by atoms with Gasteiger partial charge in [0.25, 0.3) is 0 Å². The summed E-state index contributed by atoms with van der Waals surface area (Å²) in [5.74, 6) is 0.995. The Balaban J connectivity index is 1.79. The first-order chi connectivity index (χ1) is 9.33. The van der Waals surface area contributed by atoms with Crippen molar-refractivity contribution in [1.82, 2.24) is 19.7 Å². The summed E-state index contributed by atoms with van der Waals surface area (Å²) in [5.41, 5.74) is 2.31. The van der Waals surface area contributed by atoms with Crippen molar-refractivity contribution in [3.8, 4) is 0 Å². The van der Waals surface area contributed by atoms with Crippen LogP contribution in [0.2, 0.25) is 0 Å². The van der Waals surface area contributed by atoms with Gasteiger partial charge in [0.15, 0.2) is 5.65 Å². The summed E-state index contributed by atoms with van der Waals surface area (Å²) in [5, 5.41) is 7.48. The molecular formula is C13H13N5S. The van der Waals surface area contributed by atoms with E-state index in [-0.39, 0.29) is 0 Å². The first-order valence-electron chi connectivity index (χ1n) is 6.26. The number of hydrogen-bond donors (Lipinski definition) is 0. The summed E-state index contributed by atoms with van der Waals surface area (Å²) in [6, 6.07) is 2.22. The number of rotatable bonds is 1. The highest BCUT2D eigenvalue weighted by molar-refractivity contribution is 7.10. The maximum Gasteiger partial charge on any atom is 0.163 e. The number of nitrogens with zero attached hydrogens (tertiary/aromatic N) is 5. The van der Waals surface area contributed by atoms with Crippen molar-refractivity contribution in [3.05, 3.63) is 34.4 Å². The first-order valence-corrected chi connectivity index (χ1v) is 7.14. The predicted octanol–water partition coefficient (Wildman–Crippen LogP) is 1.99. The Bertz CT molecular complexity index is 744. The van der Waals surface area contributed by atoms with E-state index in [2.05, 4.69) is 31.4 Å². The number of anilines is 1. The number of hydrogen-bond acceptors (Lipinski definition) is 5. The van der Waals surface area contributed by atoms with Gasteiger partial charge in [-0.2, -0.15) is 5.10 Å². The molecule has 5 nitrogen and oxygen atoms in total. The van der Waals surface area contributed by atoms with E-state index in [4.69, 9.17) is 0 Å². The summed E-state index contributed by atoms with van der Waals surface area (Å²) in [4.78, 5) is 12.6. The van der Waals surface area contributed by atoms with Crippen molar-refractivity contribution in [2.24, 2.45) is 7.05 Å². The van der Waals surface area contributed by atoms with Crippen LogP contribution in [0.3, 0.4) is 0 Å². The van der Waals surface area contributed by atoms with E-state index in [0.29, 0.717) is 0 Å². The average molecular weight is 271 g/mol. The van der Waals surface area contributed by atoms with Gasteiger partial charge in [-0.15, -0.1) is 11.3 Å². The summed E-state index contributed by atoms with van der Waals surface area (Å²) >= 11 is 1.85. The van der Waals surface area contributed by atoms with Crippen LogP contribution in [0, 0.1) is 0 Å². The topological polar surface area (TPSA) is 46.8 Å². The second-order valence-electron chi connectivity index (χ2n) is 4.74. The second-order valence-corrected chi connectivity index (χ2v) is 5.74. The van der Waals surface area contributed by atoms with Crippen LogP contribution in [0.15, 0.2) is 24.0 Å². The van der Waals surface area contributed by atoms with Gasteiger partial charge in [-0.1, -0.05) is 0 Å². The van der Waals surface area contributed by atoms with Gasteiger partial charge in [-0.3, -0.25) is 4.68 Å². The molecular weight excluding hydrogens is 258 g/mol. The van der Waals surface area contributed by atoms with Gasteiger partial charge >= 0.3 is 0 Å². The third-order valence-electron chi connectivity index (χ3n) is 3.62. The minimum absolute atomic E-state index is 0.890. The van der Waals surface area contributed by atoms with Crippen LogP contribution >= 0.6 is 11.3 Å². The van der Waals surface area contributed by atoms with Crippen LogP contribution in [0.1, 0.15) is 10.4 Å². The Morgan fingerprint density at radius 1 is 1.32 bits per heavy atom. The van der Waals surface area contributed by atoms with Gasteiger partial charge in [0, 0.05) is 25.0 Å². The van der Waals surface area contributed by atoms with Crippen molar-refractivity contribution < 1.29 is 0 Å². The Labute approximate surface area is 114 Å². The molecule has 0 aromatic carbocycles. The van der Waals surface area contributed by atoms with Gasteiger partial charge in [-0.05, 0) is 23.4 Å². The summed E-state index contributed by atoms with van der Waals surface area (Å²) in [6.07, 6.45) is 4.58. The van der Waals surface area contributed by atoms with E-state index in [0.717, 1.165) is 36.4 Å². The van der Waals surface area contributed by atoms with Gasteiger partial charge in [-0.25, -0.2) is 9.97 Å². The molecule has 0 atom stereocenters. The smallest absolute Gasteiger partial charge is 0.163 e. The lowest BCUT2D eigenvalue weighted by molar-refractivity contribution is 0.733. The predicted molar refractivity (Wildman–Crippen MR) is 75.4 cm³/mol. The average Bonchev–Trinajstić information content (AvgIpc) is 3.05. The first kappa shape index (κ1) is 10.9. The standard InChI is InChI=1S/C13H13N5S/c1-17-12-10(6-16-17)13(15-8-14-12)18-4-2-11-9(7-18)3-5-19-11/h3,5-6,8H,2,4,7H2,1H3. The molecule has 1 aliphatic rings. The van der Waals surface area contributed by atoms with Crippen LogP contribution in [0.25, 0.3) is 11.0 Å². The van der Waals surface area contributed by atoms with E-state index in [1.807, 2.05) is 24.6 Å². The van der Waals surface area contributed by atoms with Gasteiger partial charge in [0.05, 0.1) is 11.6 Å². The molecule has 0 saturated heterocycles. The molecule has 0 aliphatic carbocycles. The molecule has 3 aromatic rings. The van der Waals surface area contributed by atoms with Crippen molar-refractivity contribution in [2.45, 2.75) is 13.0 Å². The van der Waals surface area contributed by atoms with Crippen LogP contribution in [-0.4, -0.2) is 26.3 Å². The SMILES string of the molecule is Cn1ncc2c(N3CCc4sccc4C3)ncnc21. The molecule has 4 heterocycles. The fourth-order valence-corrected chi connectivity index (χ4v) is 3.52. The molecule has 0 saturated carbocycles. The molecule has 19 heavy (non-hydrogen) atoms. The Morgan fingerprint density at radius 2 is 2.26 bits per heavy atom. The third-order valence-corrected chi connectivity index (χ3v) is 4.64. The molecule has 0 fully saturated rings. The quantitative estimate of drug-likeness (QED) is 0.679. The zero-order chi connectivity index (χ0) is 12.8. The summed E-state index contributed by atoms with van der Waals surface area (Å²) < 4.78 is 1.79. The molecule has 96 valence electrons. The number of aromatic nitrogens is 4. The van der Waals surface area contributed by atoms with Gasteiger partial charge in [0.2, 0.25) is 0 Å². The maximum absolute atomic E-state index is 4.47. The highest BCUT2D eigenvalue weighted by Gasteiger charge is 2.21. The maximum atomic E-state index is 4.47. The van der Waals surface area contributed by atoms with Crippen LogP contribution < -0.4 is 4.90 Å². The molecule has 0 radical (unpaired) electrons. The van der Waals surface area contributed by atoms with Crippen molar-refractivity contribution in [1.29, 1.82) is 0 Å². The minimum atomic E-state index is 0.890. The number of thiophene rings is 1. The van der Waals surface area contributed by atoms with E-state index in [9.17, 15) is 0 Å². The zero-order valence-electron chi connectivity index (χ0n) is 10.6. The summed E-state index contributed by atoms with van der Waals surface area (Å²) in [6.45, 7) is 1.94. The second kappa shape index (κ2) is 4.03. The highest BCUT2D eigenvalue weighted by atomic mass is 32.1. The fourth-order valence-electron chi connectivity index (χ4n) is 2.63. The number of aryl methyl sites for hydroxylation is 1. The van der Waals surface area contributed by atoms with Gasteiger partial charge in [0.1, 0.15) is 12.1 Å². The lowest BCUT2D eigenvalue weighted by atomic mass is 10.1. The van der Waals surface area contributed by atoms with Crippen molar-refractivity contribution >= 4 is 28.2 Å². The third kappa shape index (κ3) is 1.63. The molecule has 0 N–H and O–H groups in total. The molecule has 3 aromatic heterocycles. The highest BCUT2D eigenvalue weighted by Crippen LogP contribution is 2.29. The molecule has 0 spiro atoms. The van der Waals surface area contributed by atoms with E-state index in [1.54, 1.807) is 11.0 Å². The minimum Gasteiger partial charge on any atom is -0.351 e. The molecule has 0 bridgehead atoms. The number of fused-ring (bicyclic) bond motifs is 2. The molecule has 1 aliphatic heterocycles. The normalized spacial score (nSPS) is 14.9. The fraction of sp³-hybridized carbons (Fsp3) is 0.308. The molecule has 6 heteroatoms. The van der Waals surface area contributed by atoms with E-state index < -0.39 is 0 Å². The largest absolute Gasteiger partial charge is 0.351 e.